The summed E-state index contributed by atoms with van der Waals surface area (Å²) < 4.78 is 25.3. The van der Waals surface area contributed by atoms with Crippen LogP contribution >= 0.6 is 0 Å². The maximum Gasteiger partial charge on any atom is 0.246 e. The fourth-order valence-corrected chi connectivity index (χ4v) is 2.27. The molecule has 2 aromatic heterocycles. The van der Waals surface area contributed by atoms with Gasteiger partial charge in [0.1, 0.15) is 17.0 Å². The van der Waals surface area contributed by atoms with Crippen LogP contribution in [-0.4, -0.2) is 44.9 Å². The van der Waals surface area contributed by atoms with Crippen molar-refractivity contribution in [1.82, 2.24) is 29.5 Å². The molecule has 9 nitrogen and oxygen atoms in total. The zero-order valence-corrected chi connectivity index (χ0v) is 10.3. The van der Waals surface area contributed by atoms with Gasteiger partial charge in [0, 0.05) is 7.05 Å². The van der Waals surface area contributed by atoms with Crippen molar-refractivity contribution in [3.05, 3.63) is 24.5 Å². The minimum atomic E-state index is -3.67. The van der Waals surface area contributed by atoms with Crippen molar-refractivity contribution < 1.29 is 8.42 Å². The molecule has 0 saturated heterocycles. The molecule has 2 heterocycles. The molecule has 0 aliphatic rings. The van der Waals surface area contributed by atoms with Crippen LogP contribution in [0.4, 0.5) is 5.95 Å². The highest BCUT2D eigenvalue weighted by Crippen LogP contribution is 2.13. The second-order valence-electron chi connectivity index (χ2n) is 3.47. The molecule has 0 atom stereocenters. The Morgan fingerprint density at radius 3 is 2.56 bits per heavy atom. The van der Waals surface area contributed by atoms with E-state index in [-0.39, 0.29) is 17.4 Å². The average molecular weight is 269 g/mol. The molecule has 0 bridgehead atoms. The molecule has 3 N–H and O–H groups in total. The summed E-state index contributed by atoms with van der Waals surface area (Å²) in [6.07, 6.45) is 3.63. The van der Waals surface area contributed by atoms with Crippen LogP contribution in [0.5, 0.6) is 0 Å². The summed E-state index contributed by atoms with van der Waals surface area (Å²) in [5.41, 5.74) is 5.30. The highest BCUT2D eigenvalue weighted by atomic mass is 32.2. The van der Waals surface area contributed by atoms with Gasteiger partial charge in [0.15, 0.2) is 0 Å². The Kier molecular flexibility index (Phi) is 3.21. The quantitative estimate of drug-likeness (QED) is 0.727. The summed E-state index contributed by atoms with van der Waals surface area (Å²) in [4.78, 5) is 11.1. The van der Waals surface area contributed by atoms with Crippen LogP contribution < -0.4 is 5.73 Å². The summed E-state index contributed by atoms with van der Waals surface area (Å²) in [7, 11) is -2.24. The molecular weight excluding hydrogens is 258 g/mol. The summed E-state index contributed by atoms with van der Waals surface area (Å²) in [5, 5.41) is 6.23. The van der Waals surface area contributed by atoms with E-state index in [1.54, 1.807) is 0 Å². The van der Waals surface area contributed by atoms with E-state index in [9.17, 15) is 8.42 Å². The molecule has 0 fully saturated rings. The largest absolute Gasteiger partial charge is 0.368 e. The lowest BCUT2D eigenvalue weighted by molar-refractivity contribution is 0.456. The van der Waals surface area contributed by atoms with E-state index in [2.05, 4.69) is 25.1 Å². The molecule has 18 heavy (non-hydrogen) atoms. The summed E-state index contributed by atoms with van der Waals surface area (Å²) in [6.45, 7) is 0.0761. The summed E-state index contributed by atoms with van der Waals surface area (Å²) in [5.74, 6) is 0.462. The minimum Gasteiger partial charge on any atom is -0.368 e. The summed E-state index contributed by atoms with van der Waals surface area (Å²) in [6, 6.07) is 0. The number of nitrogens with zero attached hydrogens (tertiary/aromatic N) is 5. The van der Waals surface area contributed by atoms with Crippen molar-refractivity contribution >= 4 is 16.0 Å². The number of nitrogens with one attached hydrogen (secondary N) is 1. The van der Waals surface area contributed by atoms with E-state index in [0.717, 1.165) is 16.7 Å². The Bertz CT molecular complexity index is 607. The van der Waals surface area contributed by atoms with Gasteiger partial charge in [-0.3, -0.25) is 5.10 Å². The molecule has 0 aliphatic carbocycles. The van der Waals surface area contributed by atoms with Crippen molar-refractivity contribution in [1.29, 1.82) is 0 Å². The molecule has 0 unspecified atom stereocenters. The van der Waals surface area contributed by atoms with E-state index >= 15 is 0 Å². The van der Waals surface area contributed by atoms with Crippen LogP contribution in [0.3, 0.4) is 0 Å². The second kappa shape index (κ2) is 4.66. The monoisotopic (exact) mass is 269 g/mol. The molecule has 0 aromatic carbocycles. The van der Waals surface area contributed by atoms with Gasteiger partial charge in [0.05, 0.1) is 18.9 Å². The van der Waals surface area contributed by atoms with Crippen LogP contribution in [0.25, 0.3) is 0 Å². The number of aromatic nitrogens is 5. The lowest BCUT2D eigenvalue weighted by Gasteiger charge is -2.15. The Balaban J connectivity index is 2.22. The van der Waals surface area contributed by atoms with Gasteiger partial charge in [-0.2, -0.15) is 9.40 Å². The van der Waals surface area contributed by atoms with E-state index in [1.165, 1.54) is 13.4 Å². The zero-order chi connectivity index (χ0) is 13.2. The van der Waals surface area contributed by atoms with Gasteiger partial charge in [-0.1, -0.05) is 0 Å². The van der Waals surface area contributed by atoms with Crippen molar-refractivity contribution in [3.8, 4) is 0 Å². The van der Waals surface area contributed by atoms with E-state index in [4.69, 9.17) is 5.73 Å². The van der Waals surface area contributed by atoms with Crippen LogP contribution in [0.1, 0.15) is 5.82 Å². The number of sulfonamides is 1. The predicted molar refractivity (Wildman–Crippen MR) is 61.5 cm³/mol. The maximum atomic E-state index is 12.1. The highest BCUT2D eigenvalue weighted by molar-refractivity contribution is 7.89. The number of hydrogen-bond donors (Lipinski definition) is 2. The van der Waals surface area contributed by atoms with Gasteiger partial charge in [-0.15, -0.1) is 0 Å². The summed E-state index contributed by atoms with van der Waals surface area (Å²) >= 11 is 0. The van der Waals surface area contributed by atoms with Crippen LogP contribution in [-0.2, 0) is 16.6 Å². The Labute approximate surface area is 103 Å². The van der Waals surface area contributed by atoms with Gasteiger partial charge in [0.2, 0.25) is 16.0 Å². The van der Waals surface area contributed by atoms with Crippen molar-refractivity contribution in [2.24, 2.45) is 0 Å². The first-order chi connectivity index (χ1) is 8.50. The number of H-pyrrole nitrogens is 1. The number of rotatable bonds is 4. The first-order valence-electron chi connectivity index (χ1n) is 4.88. The standard InChI is InChI=1S/C8H11N7O2S/c1-15(4-7-12-5-13-14-7)18(16,17)6-2-10-8(9)11-3-6/h2-3,5H,4H2,1H3,(H2,9,10,11)(H,12,13,14). The van der Waals surface area contributed by atoms with Crippen molar-refractivity contribution in [3.63, 3.8) is 0 Å². The highest BCUT2D eigenvalue weighted by Gasteiger charge is 2.22. The fraction of sp³-hybridized carbons (Fsp3) is 0.250. The molecule has 2 rings (SSSR count). The van der Waals surface area contributed by atoms with E-state index < -0.39 is 10.0 Å². The van der Waals surface area contributed by atoms with Gasteiger partial charge >= 0.3 is 0 Å². The zero-order valence-electron chi connectivity index (χ0n) is 9.48. The first-order valence-corrected chi connectivity index (χ1v) is 6.32. The average Bonchev–Trinajstić information content (AvgIpc) is 2.82. The molecule has 2 aromatic rings. The number of anilines is 1. The number of aromatic amines is 1. The maximum absolute atomic E-state index is 12.1. The van der Waals surface area contributed by atoms with E-state index in [1.807, 2.05) is 0 Å². The molecular formula is C8H11N7O2S. The van der Waals surface area contributed by atoms with Gasteiger partial charge in [-0.05, 0) is 0 Å². The Morgan fingerprint density at radius 1 is 1.33 bits per heavy atom. The number of nitrogen functional groups attached to an aromatic ring is 1. The Morgan fingerprint density at radius 2 is 2.00 bits per heavy atom. The van der Waals surface area contributed by atoms with Crippen molar-refractivity contribution in [2.45, 2.75) is 11.4 Å². The molecule has 0 saturated carbocycles. The lowest BCUT2D eigenvalue weighted by atomic mass is 10.6. The molecule has 0 radical (unpaired) electrons. The van der Waals surface area contributed by atoms with E-state index in [0.29, 0.717) is 5.82 Å². The van der Waals surface area contributed by atoms with Gasteiger partial charge in [-0.25, -0.2) is 23.4 Å². The molecule has 10 heteroatoms. The van der Waals surface area contributed by atoms with Gasteiger partial charge in [0.25, 0.3) is 0 Å². The fourth-order valence-electron chi connectivity index (χ4n) is 1.24. The smallest absolute Gasteiger partial charge is 0.246 e. The van der Waals surface area contributed by atoms with Crippen LogP contribution in [0, 0.1) is 0 Å². The molecule has 0 amide bonds. The molecule has 96 valence electrons. The van der Waals surface area contributed by atoms with Gasteiger partial charge < -0.3 is 5.73 Å². The van der Waals surface area contributed by atoms with Crippen LogP contribution in [0.15, 0.2) is 23.6 Å². The topological polar surface area (TPSA) is 131 Å². The second-order valence-corrected chi connectivity index (χ2v) is 5.52. The normalized spacial score (nSPS) is 11.9. The lowest BCUT2D eigenvalue weighted by Crippen LogP contribution is -2.27. The Hall–Kier alpha value is -2.07. The third-order valence-corrected chi connectivity index (χ3v) is 3.95. The SMILES string of the molecule is CN(Cc1ncn[nH]1)S(=O)(=O)c1cnc(N)nc1. The molecule has 0 spiro atoms. The van der Waals surface area contributed by atoms with Crippen LogP contribution in [0.2, 0.25) is 0 Å². The predicted octanol–water partition coefficient (Wildman–Crippen LogP) is -1.00. The third-order valence-electron chi connectivity index (χ3n) is 2.19. The minimum absolute atomic E-state index is 0.0202. The molecule has 0 aliphatic heterocycles. The third kappa shape index (κ3) is 2.43. The first kappa shape index (κ1) is 12.4. The van der Waals surface area contributed by atoms with Crippen molar-refractivity contribution in [2.75, 3.05) is 12.8 Å². The number of hydrogen-bond acceptors (Lipinski definition) is 7. The number of nitrogens with two attached hydrogens (primary N) is 1.